The van der Waals surface area contributed by atoms with Gasteiger partial charge in [-0.3, -0.25) is 0 Å². The zero-order valence-electron chi connectivity index (χ0n) is 16.3. The molecule has 0 radical (unpaired) electrons. The van der Waals surface area contributed by atoms with E-state index in [1.165, 1.54) is 0 Å². The molecule has 0 amide bonds. The first-order valence-electron chi connectivity index (χ1n) is 9.25. The summed E-state index contributed by atoms with van der Waals surface area (Å²) in [7, 11) is 1.01. The van der Waals surface area contributed by atoms with Crippen LogP contribution in [0.2, 0.25) is 0 Å². The number of alkyl halides is 7. The number of nitrogens with zero attached hydrogens (tertiary/aromatic N) is 4. The van der Waals surface area contributed by atoms with Gasteiger partial charge in [-0.25, -0.2) is 22.0 Å². The summed E-state index contributed by atoms with van der Waals surface area (Å²) in [4.78, 5) is 12.0. The minimum absolute atomic E-state index is 0.408. The maximum Gasteiger partial charge on any atom is 0.408 e. The minimum atomic E-state index is -4.68. The topological polar surface area (TPSA) is 74.2 Å². The van der Waals surface area contributed by atoms with Crippen LogP contribution in [0.4, 0.5) is 47.0 Å². The lowest BCUT2D eigenvalue weighted by atomic mass is 9.88. The molecule has 31 heavy (non-hydrogen) atoms. The van der Waals surface area contributed by atoms with Crippen LogP contribution in [0.3, 0.4) is 0 Å². The molecule has 14 heteroatoms. The average molecular weight is 461 g/mol. The first-order chi connectivity index (χ1) is 14.1. The van der Waals surface area contributed by atoms with Gasteiger partial charge in [0.1, 0.15) is 11.9 Å². The molecule has 174 valence electrons. The lowest BCUT2D eigenvalue weighted by molar-refractivity contribution is -0.144. The van der Waals surface area contributed by atoms with E-state index in [1.807, 2.05) is 0 Å². The van der Waals surface area contributed by atoms with Gasteiger partial charge in [-0.2, -0.15) is 28.1 Å². The van der Waals surface area contributed by atoms with Crippen LogP contribution < -0.4 is 10.2 Å². The SMILES string of the molecule is C[C@@H](N(C)c1nc(NC2CC(F)(F)C2)nc(C2=C(F)[C@H](O)C(F)(F)CC2)n1)C(F)(F)F. The number of rotatable bonds is 5. The molecule has 1 heterocycles. The van der Waals surface area contributed by atoms with Crippen LogP contribution in [-0.4, -0.2) is 63.3 Å². The predicted molar refractivity (Wildman–Crippen MR) is 93.6 cm³/mol. The maximum atomic E-state index is 14.4. The third kappa shape index (κ3) is 4.83. The second-order valence-corrected chi connectivity index (χ2v) is 7.71. The molecule has 0 aliphatic heterocycles. The lowest BCUT2D eigenvalue weighted by Gasteiger charge is -2.35. The first kappa shape index (κ1) is 23.4. The molecule has 1 saturated carbocycles. The van der Waals surface area contributed by atoms with E-state index in [0.29, 0.717) is 4.90 Å². The summed E-state index contributed by atoms with van der Waals surface area (Å²) in [6.45, 7) is 0.813. The normalized spacial score (nSPS) is 24.5. The summed E-state index contributed by atoms with van der Waals surface area (Å²) in [6.07, 6.45) is -10.1. The Balaban J connectivity index is 2.00. The van der Waals surface area contributed by atoms with E-state index in [2.05, 4.69) is 20.3 Å². The van der Waals surface area contributed by atoms with Gasteiger partial charge >= 0.3 is 6.18 Å². The van der Waals surface area contributed by atoms with Crippen molar-refractivity contribution in [2.75, 3.05) is 17.3 Å². The fourth-order valence-corrected chi connectivity index (χ4v) is 3.18. The van der Waals surface area contributed by atoms with Gasteiger partial charge in [-0.1, -0.05) is 0 Å². The Kier molecular flexibility index (Phi) is 5.82. The van der Waals surface area contributed by atoms with E-state index < -0.39 is 91.0 Å². The molecular weight excluding hydrogens is 442 g/mol. The van der Waals surface area contributed by atoms with Gasteiger partial charge in [-0.15, -0.1) is 0 Å². The van der Waals surface area contributed by atoms with E-state index in [-0.39, 0.29) is 0 Å². The number of hydrogen-bond acceptors (Lipinski definition) is 6. The second-order valence-electron chi connectivity index (χ2n) is 7.71. The van der Waals surface area contributed by atoms with Crippen molar-refractivity contribution in [2.24, 2.45) is 0 Å². The number of allylic oxidation sites excluding steroid dienone is 1. The highest BCUT2D eigenvalue weighted by molar-refractivity contribution is 5.66. The van der Waals surface area contributed by atoms with Crippen LogP contribution in [-0.2, 0) is 0 Å². The van der Waals surface area contributed by atoms with E-state index in [0.717, 1.165) is 14.0 Å². The zero-order chi connectivity index (χ0) is 23.4. The minimum Gasteiger partial charge on any atom is -0.380 e. The van der Waals surface area contributed by atoms with Crippen molar-refractivity contribution in [2.45, 2.75) is 68.8 Å². The first-order valence-corrected chi connectivity index (χ1v) is 9.25. The van der Waals surface area contributed by atoms with Gasteiger partial charge in [0.05, 0.1) is 0 Å². The van der Waals surface area contributed by atoms with Gasteiger partial charge in [0.15, 0.2) is 11.9 Å². The van der Waals surface area contributed by atoms with E-state index in [9.17, 15) is 40.2 Å². The van der Waals surface area contributed by atoms with Gasteiger partial charge in [0.25, 0.3) is 11.8 Å². The molecular formula is C17H19F8N5O. The van der Waals surface area contributed by atoms with Crippen LogP contribution in [0.5, 0.6) is 0 Å². The number of hydrogen-bond donors (Lipinski definition) is 2. The van der Waals surface area contributed by atoms with Crippen LogP contribution in [0.1, 0.15) is 38.4 Å². The standard InChI is InChI=1S/C17H19F8N5O/c1-7(17(23,24)25)30(2)14-28-12(9-3-4-16(21,22)11(31)10(9)18)27-13(29-14)26-8-5-15(19,20)6-8/h7-8,11,31H,3-6H2,1-2H3,(H,26,27,28,29)/t7-,11+/m1/s1. The van der Waals surface area contributed by atoms with Crippen LogP contribution in [0.15, 0.2) is 5.83 Å². The Morgan fingerprint density at radius 2 is 1.74 bits per heavy atom. The molecule has 3 rings (SSSR count). The third-order valence-corrected chi connectivity index (χ3v) is 5.32. The number of halogens is 8. The summed E-state index contributed by atoms with van der Waals surface area (Å²) in [5, 5.41) is 12.0. The number of nitrogens with one attached hydrogen (secondary N) is 1. The highest BCUT2D eigenvalue weighted by Crippen LogP contribution is 2.42. The molecule has 1 fully saturated rings. The number of aromatic nitrogens is 3. The van der Waals surface area contributed by atoms with Gasteiger partial charge in [-0.05, 0) is 13.3 Å². The summed E-state index contributed by atoms with van der Waals surface area (Å²) < 4.78 is 107. The Morgan fingerprint density at radius 3 is 2.29 bits per heavy atom. The van der Waals surface area contributed by atoms with Gasteiger partial charge in [0, 0.05) is 37.9 Å². The van der Waals surface area contributed by atoms with Crippen LogP contribution in [0, 0.1) is 0 Å². The van der Waals surface area contributed by atoms with Crippen LogP contribution in [0.25, 0.3) is 5.57 Å². The Bertz CT molecular complexity index is 867. The van der Waals surface area contributed by atoms with Crippen molar-refractivity contribution in [1.29, 1.82) is 0 Å². The Hall–Kier alpha value is -2.25. The fourth-order valence-electron chi connectivity index (χ4n) is 3.18. The fraction of sp³-hybridized carbons (Fsp3) is 0.706. The molecule has 0 saturated heterocycles. The number of aliphatic hydroxyl groups excluding tert-OH is 1. The summed E-state index contributed by atoms with van der Waals surface area (Å²) in [5.74, 6) is -9.80. The smallest absolute Gasteiger partial charge is 0.380 e. The quantitative estimate of drug-likeness (QED) is 0.648. The summed E-state index contributed by atoms with van der Waals surface area (Å²) >= 11 is 0. The molecule has 0 spiro atoms. The number of anilines is 2. The van der Waals surface area contributed by atoms with E-state index >= 15 is 0 Å². The average Bonchev–Trinajstić information content (AvgIpc) is 2.62. The predicted octanol–water partition coefficient (Wildman–Crippen LogP) is 3.94. The second kappa shape index (κ2) is 7.71. The Labute approximate surface area is 171 Å². The van der Waals surface area contributed by atoms with Gasteiger partial charge in [0.2, 0.25) is 11.9 Å². The molecule has 0 aromatic carbocycles. The molecule has 1 aromatic rings. The summed E-state index contributed by atoms with van der Waals surface area (Å²) in [5.41, 5.74) is -0.517. The highest BCUT2D eigenvalue weighted by atomic mass is 19.4. The summed E-state index contributed by atoms with van der Waals surface area (Å²) in [6, 6.07) is -2.87. The molecule has 1 aromatic heterocycles. The molecule has 0 bridgehead atoms. The zero-order valence-corrected chi connectivity index (χ0v) is 16.3. The molecule has 2 aliphatic rings. The lowest BCUT2D eigenvalue weighted by Crippen LogP contribution is -2.45. The van der Waals surface area contributed by atoms with Crippen molar-refractivity contribution >= 4 is 17.5 Å². The van der Waals surface area contributed by atoms with Crippen molar-refractivity contribution in [3.8, 4) is 0 Å². The van der Waals surface area contributed by atoms with Gasteiger partial charge < -0.3 is 15.3 Å². The molecule has 6 nitrogen and oxygen atoms in total. The van der Waals surface area contributed by atoms with Crippen molar-refractivity contribution in [3.63, 3.8) is 0 Å². The third-order valence-electron chi connectivity index (χ3n) is 5.32. The highest BCUT2D eigenvalue weighted by Gasteiger charge is 2.47. The van der Waals surface area contributed by atoms with Crippen molar-refractivity contribution < 1.29 is 40.2 Å². The van der Waals surface area contributed by atoms with E-state index in [1.54, 1.807) is 0 Å². The molecule has 0 unspecified atom stereocenters. The molecule has 2 atom stereocenters. The monoisotopic (exact) mass is 461 g/mol. The maximum absolute atomic E-state index is 14.4. The van der Waals surface area contributed by atoms with Crippen molar-refractivity contribution in [3.05, 3.63) is 11.7 Å². The molecule has 2 N–H and O–H groups in total. The largest absolute Gasteiger partial charge is 0.408 e. The number of aliphatic hydroxyl groups is 1. The van der Waals surface area contributed by atoms with Crippen molar-refractivity contribution in [1.82, 2.24) is 15.0 Å². The molecule has 2 aliphatic carbocycles. The Morgan fingerprint density at radius 1 is 1.13 bits per heavy atom. The van der Waals surface area contributed by atoms with E-state index in [4.69, 9.17) is 0 Å². The van der Waals surface area contributed by atoms with Crippen LogP contribution >= 0.6 is 0 Å².